The number of carbonyl (C=O) groups is 2. The second kappa shape index (κ2) is 9.59. The van der Waals surface area contributed by atoms with E-state index in [1.807, 2.05) is 11.0 Å². The first-order valence-electron chi connectivity index (χ1n) is 9.42. The van der Waals surface area contributed by atoms with Crippen molar-refractivity contribution in [3.63, 3.8) is 0 Å². The number of fused-ring (bicyclic) bond motifs is 1. The number of carbonyl (C=O) groups excluding carboxylic acids is 2. The molecular formula is C21H29NO6. The molecule has 2 rings (SSSR count). The van der Waals surface area contributed by atoms with Crippen molar-refractivity contribution in [2.75, 3.05) is 40.5 Å². The van der Waals surface area contributed by atoms with Gasteiger partial charge in [-0.15, -0.1) is 6.58 Å². The predicted octanol–water partition coefficient (Wildman–Crippen LogP) is 2.46. The second-order valence-electron chi connectivity index (χ2n) is 6.41. The molecule has 0 radical (unpaired) electrons. The molecule has 0 spiro atoms. The van der Waals surface area contributed by atoms with Gasteiger partial charge < -0.3 is 18.9 Å². The van der Waals surface area contributed by atoms with Gasteiger partial charge in [0.15, 0.2) is 17.0 Å². The van der Waals surface area contributed by atoms with Gasteiger partial charge in [0.25, 0.3) is 0 Å². The van der Waals surface area contributed by atoms with E-state index < -0.39 is 17.5 Å². The Morgan fingerprint density at radius 1 is 1.14 bits per heavy atom. The maximum Gasteiger partial charge on any atom is 0.331 e. The van der Waals surface area contributed by atoms with Gasteiger partial charge in [0, 0.05) is 13.1 Å². The Labute approximate surface area is 166 Å². The molecule has 1 aliphatic heterocycles. The van der Waals surface area contributed by atoms with Gasteiger partial charge in [-0.25, -0.2) is 4.79 Å². The number of benzene rings is 1. The first-order valence-corrected chi connectivity index (χ1v) is 9.42. The smallest absolute Gasteiger partial charge is 0.331 e. The van der Waals surface area contributed by atoms with Crippen LogP contribution in [0, 0.1) is 0 Å². The average molecular weight is 391 g/mol. The topological polar surface area (TPSA) is 74.3 Å². The Hall–Kier alpha value is -2.54. The first-order chi connectivity index (χ1) is 13.5. The minimum Gasteiger partial charge on any atom is -0.493 e. The van der Waals surface area contributed by atoms with Gasteiger partial charge in [-0.2, -0.15) is 0 Å². The third kappa shape index (κ3) is 3.99. The van der Waals surface area contributed by atoms with Crippen molar-refractivity contribution >= 4 is 11.9 Å². The van der Waals surface area contributed by atoms with E-state index in [0.29, 0.717) is 36.6 Å². The molecule has 1 atom stereocenters. The molecule has 0 aromatic heterocycles. The highest BCUT2D eigenvalue weighted by Crippen LogP contribution is 2.44. The van der Waals surface area contributed by atoms with E-state index in [1.54, 1.807) is 33.1 Å². The molecule has 7 nitrogen and oxygen atoms in total. The molecule has 0 amide bonds. The molecule has 0 saturated carbocycles. The summed E-state index contributed by atoms with van der Waals surface area (Å²) in [6.45, 7) is 8.70. The molecule has 28 heavy (non-hydrogen) atoms. The van der Waals surface area contributed by atoms with Crippen molar-refractivity contribution < 1.29 is 28.5 Å². The van der Waals surface area contributed by atoms with Crippen molar-refractivity contribution in [2.45, 2.75) is 32.2 Å². The Morgan fingerprint density at radius 2 is 1.79 bits per heavy atom. The summed E-state index contributed by atoms with van der Waals surface area (Å²) in [6.07, 6.45) is 2.24. The van der Waals surface area contributed by atoms with Crippen molar-refractivity contribution in [3.05, 3.63) is 35.9 Å². The molecular weight excluding hydrogens is 362 g/mol. The number of hydrogen-bond acceptors (Lipinski definition) is 7. The van der Waals surface area contributed by atoms with Crippen LogP contribution in [0.15, 0.2) is 24.8 Å². The highest BCUT2D eigenvalue weighted by atomic mass is 16.5. The standard InChI is InChI=1S/C21H29NO6/c1-6-10-22-11-9-15-12-17(25-4)18(26-5)13-16(15)21(22,20(24)28-8-3)14-19(23)27-7-2/h6,12-13H,1,7-11,14H2,2-5H3. The molecule has 0 bridgehead atoms. The van der Waals surface area contributed by atoms with Crippen molar-refractivity contribution in [1.29, 1.82) is 0 Å². The van der Waals surface area contributed by atoms with Gasteiger partial charge in [0.1, 0.15) is 0 Å². The van der Waals surface area contributed by atoms with Gasteiger partial charge in [-0.05, 0) is 43.5 Å². The Kier molecular flexibility index (Phi) is 7.45. The third-order valence-electron chi connectivity index (χ3n) is 4.91. The van der Waals surface area contributed by atoms with Crippen LogP contribution in [0.2, 0.25) is 0 Å². The predicted molar refractivity (Wildman–Crippen MR) is 105 cm³/mol. The number of esters is 2. The second-order valence-corrected chi connectivity index (χ2v) is 6.41. The summed E-state index contributed by atoms with van der Waals surface area (Å²) < 4.78 is 21.5. The van der Waals surface area contributed by atoms with Crippen LogP contribution >= 0.6 is 0 Å². The molecule has 0 N–H and O–H groups in total. The van der Waals surface area contributed by atoms with Crippen LogP contribution in [-0.4, -0.2) is 57.4 Å². The average Bonchev–Trinajstić information content (AvgIpc) is 2.69. The zero-order chi connectivity index (χ0) is 20.7. The lowest BCUT2D eigenvalue weighted by Crippen LogP contribution is -2.57. The first kappa shape index (κ1) is 21.8. The van der Waals surface area contributed by atoms with Gasteiger partial charge in [-0.1, -0.05) is 6.08 Å². The van der Waals surface area contributed by atoms with E-state index in [4.69, 9.17) is 18.9 Å². The van der Waals surface area contributed by atoms with Crippen LogP contribution < -0.4 is 9.47 Å². The summed E-state index contributed by atoms with van der Waals surface area (Å²) in [7, 11) is 3.10. The molecule has 1 aromatic rings. The largest absolute Gasteiger partial charge is 0.493 e. The summed E-state index contributed by atoms with van der Waals surface area (Å²) in [6, 6.07) is 3.62. The van der Waals surface area contributed by atoms with Crippen molar-refractivity contribution in [3.8, 4) is 11.5 Å². The van der Waals surface area contributed by atoms with Crippen LogP contribution in [0.1, 0.15) is 31.4 Å². The van der Waals surface area contributed by atoms with E-state index in [9.17, 15) is 9.59 Å². The highest BCUT2D eigenvalue weighted by molar-refractivity contribution is 5.89. The molecule has 1 heterocycles. The van der Waals surface area contributed by atoms with Crippen molar-refractivity contribution in [2.24, 2.45) is 0 Å². The van der Waals surface area contributed by atoms with Gasteiger partial charge in [-0.3, -0.25) is 9.69 Å². The molecule has 7 heteroatoms. The van der Waals surface area contributed by atoms with Gasteiger partial charge >= 0.3 is 11.9 Å². The zero-order valence-electron chi connectivity index (χ0n) is 17.1. The maximum atomic E-state index is 13.3. The SMILES string of the molecule is C=CCN1CCc2cc(OC)c(OC)cc2C1(CC(=O)OCC)C(=O)OCC. The molecule has 1 aliphatic rings. The summed E-state index contributed by atoms with van der Waals surface area (Å²) in [5.74, 6) is 0.108. The minimum absolute atomic E-state index is 0.157. The Bertz CT molecular complexity index is 732. The van der Waals surface area contributed by atoms with E-state index in [1.165, 1.54) is 7.11 Å². The third-order valence-corrected chi connectivity index (χ3v) is 4.91. The summed E-state index contributed by atoms with van der Waals surface area (Å²) in [5, 5.41) is 0. The Morgan fingerprint density at radius 3 is 2.36 bits per heavy atom. The van der Waals surface area contributed by atoms with Crippen LogP contribution in [0.25, 0.3) is 0 Å². The molecule has 1 unspecified atom stereocenters. The number of hydrogen-bond donors (Lipinski definition) is 0. The minimum atomic E-state index is -1.32. The monoisotopic (exact) mass is 391 g/mol. The normalized spacial score (nSPS) is 18.7. The van der Waals surface area contributed by atoms with Gasteiger partial charge in [0.05, 0.1) is 33.9 Å². The summed E-state index contributed by atoms with van der Waals surface area (Å²) in [5.41, 5.74) is 0.268. The van der Waals surface area contributed by atoms with E-state index in [-0.39, 0.29) is 19.6 Å². The summed E-state index contributed by atoms with van der Waals surface area (Å²) >= 11 is 0. The lowest BCUT2D eigenvalue weighted by atomic mass is 9.77. The molecule has 1 aromatic carbocycles. The molecule has 0 fully saturated rings. The molecule has 154 valence electrons. The number of methoxy groups -OCH3 is 2. The number of ether oxygens (including phenoxy) is 4. The zero-order valence-corrected chi connectivity index (χ0v) is 17.1. The van der Waals surface area contributed by atoms with Gasteiger partial charge in [0.2, 0.25) is 0 Å². The maximum absolute atomic E-state index is 13.3. The quantitative estimate of drug-likeness (QED) is 0.473. The Balaban J connectivity index is 2.73. The van der Waals surface area contributed by atoms with Crippen LogP contribution in [-0.2, 0) is 31.0 Å². The highest BCUT2D eigenvalue weighted by Gasteiger charge is 2.52. The van der Waals surface area contributed by atoms with Crippen LogP contribution in [0.4, 0.5) is 0 Å². The van der Waals surface area contributed by atoms with E-state index >= 15 is 0 Å². The number of rotatable bonds is 9. The van der Waals surface area contributed by atoms with Crippen LogP contribution in [0.3, 0.4) is 0 Å². The lowest BCUT2D eigenvalue weighted by Gasteiger charge is -2.45. The van der Waals surface area contributed by atoms with E-state index in [0.717, 1.165) is 5.56 Å². The van der Waals surface area contributed by atoms with E-state index in [2.05, 4.69) is 6.58 Å². The van der Waals surface area contributed by atoms with Crippen LogP contribution in [0.5, 0.6) is 11.5 Å². The fourth-order valence-corrected chi connectivity index (χ4v) is 3.72. The summed E-state index contributed by atoms with van der Waals surface area (Å²) in [4.78, 5) is 27.7. The lowest BCUT2D eigenvalue weighted by molar-refractivity contribution is -0.166. The fourth-order valence-electron chi connectivity index (χ4n) is 3.72. The van der Waals surface area contributed by atoms with Crippen molar-refractivity contribution in [1.82, 2.24) is 4.90 Å². The number of nitrogens with zero attached hydrogens (tertiary/aromatic N) is 1. The fraction of sp³-hybridized carbons (Fsp3) is 0.524. The molecule has 0 saturated heterocycles. The molecule has 0 aliphatic carbocycles.